The lowest BCUT2D eigenvalue weighted by molar-refractivity contribution is 0.413. The van der Waals surface area contributed by atoms with Crippen molar-refractivity contribution in [2.24, 2.45) is 5.73 Å². The first-order valence-corrected chi connectivity index (χ1v) is 8.47. The van der Waals surface area contributed by atoms with E-state index in [0.29, 0.717) is 6.04 Å². The van der Waals surface area contributed by atoms with Gasteiger partial charge in [-0.2, -0.15) is 0 Å². The summed E-state index contributed by atoms with van der Waals surface area (Å²) in [6.07, 6.45) is 7.89. The van der Waals surface area contributed by atoms with E-state index in [0.717, 1.165) is 30.6 Å². The van der Waals surface area contributed by atoms with Gasteiger partial charge in [-0.15, -0.1) is 0 Å². The van der Waals surface area contributed by atoms with Crippen LogP contribution in [0.1, 0.15) is 57.9 Å². The molecule has 2 rings (SSSR count). The lowest BCUT2D eigenvalue weighted by atomic mass is 9.92. The second-order valence-electron chi connectivity index (χ2n) is 6.20. The van der Waals surface area contributed by atoms with Crippen molar-refractivity contribution in [2.75, 3.05) is 11.4 Å². The van der Waals surface area contributed by atoms with E-state index in [1.165, 1.54) is 32.1 Å². The summed E-state index contributed by atoms with van der Waals surface area (Å²) in [6, 6.07) is 6.03. The summed E-state index contributed by atoms with van der Waals surface area (Å²) in [5.74, 6) is -0.0942. The van der Waals surface area contributed by atoms with E-state index in [1.54, 1.807) is 6.07 Å². The molecule has 1 aliphatic carbocycles. The molecule has 1 aromatic rings. The SMILES string of the molecule is CCC(N)Cc1cccc(F)c1N(CC)C1CCCCC1. The van der Waals surface area contributed by atoms with Crippen LogP contribution in [-0.2, 0) is 6.42 Å². The van der Waals surface area contributed by atoms with Gasteiger partial charge in [0, 0.05) is 18.6 Å². The van der Waals surface area contributed by atoms with E-state index in [9.17, 15) is 4.39 Å². The van der Waals surface area contributed by atoms with E-state index in [-0.39, 0.29) is 11.9 Å². The Labute approximate surface area is 128 Å². The number of nitrogens with zero attached hydrogens (tertiary/aromatic N) is 1. The predicted molar refractivity (Wildman–Crippen MR) is 88.3 cm³/mol. The van der Waals surface area contributed by atoms with Crippen molar-refractivity contribution in [1.29, 1.82) is 0 Å². The molecular weight excluding hydrogens is 263 g/mol. The minimum absolute atomic E-state index is 0.0942. The Balaban J connectivity index is 2.30. The van der Waals surface area contributed by atoms with Gasteiger partial charge in [0.05, 0.1) is 5.69 Å². The second kappa shape index (κ2) is 7.79. The van der Waals surface area contributed by atoms with Crippen molar-refractivity contribution in [3.63, 3.8) is 0 Å². The number of hydrogen-bond acceptors (Lipinski definition) is 2. The highest BCUT2D eigenvalue weighted by Gasteiger charge is 2.24. The molecule has 0 saturated heterocycles. The van der Waals surface area contributed by atoms with Crippen molar-refractivity contribution >= 4 is 5.69 Å². The van der Waals surface area contributed by atoms with Gasteiger partial charge in [-0.3, -0.25) is 0 Å². The predicted octanol–water partition coefficient (Wildman–Crippen LogP) is 4.26. The van der Waals surface area contributed by atoms with Crippen LogP contribution in [0, 0.1) is 5.82 Å². The molecular formula is C18H29FN2. The Morgan fingerprint density at radius 1 is 1.24 bits per heavy atom. The number of rotatable bonds is 6. The van der Waals surface area contributed by atoms with Crippen molar-refractivity contribution in [3.8, 4) is 0 Å². The molecule has 0 bridgehead atoms. The number of nitrogens with two attached hydrogens (primary N) is 1. The molecule has 1 aromatic carbocycles. The van der Waals surface area contributed by atoms with Crippen molar-refractivity contribution in [2.45, 2.75) is 70.9 Å². The van der Waals surface area contributed by atoms with Crippen LogP contribution in [0.5, 0.6) is 0 Å². The summed E-state index contributed by atoms with van der Waals surface area (Å²) >= 11 is 0. The molecule has 1 atom stereocenters. The third-order valence-electron chi connectivity index (χ3n) is 4.72. The zero-order chi connectivity index (χ0) is 15.2. The average Bonchev–Trinajstić information content (AvgIpc) is 2.51. The topological polar surface area (TPSA) is 29.3 Å². The zero-order valence-corrected chi connectivity index (χ0v) is 13.4. The van der Waals surface area contributed by atoms with Gasteiger partial charge in [-0.25, -0.2) is 4.39 Å². The molecule has 3 heteroatoms. The van der Waals surface area contributed by atoms with Crippen LogP contribution in [0.15, 0.2) is 18.2 Å². The Morgan fingerprint density at radius 2 is 1.95 bits per heavy atom. The smallest absolute Gasteiger partial charge is 0.146 e. The monoisotopic (exact) mass is 292 g/mol. The van der Waals surface area contributed by atoms with E-state index in [2.05, 4.69) is 18.7 Å². The van der Waals surface area contributed by atoms with Gasteiger partial charge in [0.1, 0.15) is 5.82 Å². The van der Waals surface area contributed by atoms with Crippen molar-refractivity contribution in [1.82, 2.24) is 0 Å². The fraction of sp³-hybridized carbons (Fsp3) is 0.667. The largest absolute Gasteiger partial charge is 0.366 e. The summed E-state index contributed by atoms with van der Waals surface area (Å²) in [4.78, 5) is 2.28. The highest BCUT2D eigenvalue weighted by Crippen LogP contribution is 2.32. The molecule has 118 valence electrons. The molecule has 1 saturated carbocycles. The van der Waals surface area contributed by atoms with Crippen molar-refractivity contribution < 1.29 is 4.39 Å². The number of benzene rings is 1. The standard InChI is InChI=1S/C18H29FN2/c1-3-15(20)13-14-9-8-12-17(19)18(14)21(4-2)16-10-6-5-7-11-16/h8-9,12,15-16H,3-7,10-11,13,20H2,1-2H3. The fourth-order valence-electron chi connectivity index (χ4n) is 3.46. The highest BCUT2D eigenvalue weighted by atomic mass is 19.1. The quantitative estimate of drug-likeness (QED) is 0.848. The number of hydrogen-bond donors (Lipinski definition) is 1. The molecule has 1 aliphatic rings. The third-order valence-corrected chi connectivity index (χ3v) is 4.72. The molecule has 2 nitrogen and oxygen atoms in total. The number of anilines is 1. The van der Waals surface area contributed by atoms with Crippen LogP contribution in [-0.4, -0.2) is 18.6 Å². The molecule has 0 spiro atoms. The van der Waals surface area contributed by atoms with Crippen LogP contribution in [0.2, 0.25) is 0 Å². The maximum Gasteiger partial charge on any atom is 0.146 e. The van der Waals surface area contributed by atoms with Crippen LogP contribution in [0.3, 0.4) is 0 Å². The van der Waals surface area contributed by atoms with E-state index in [4.69, 9.17) is 5.73 Å². The summed E-state index contributed by atoms with van der Waals surface area (Å²) < 4.78 is 14.5. The minimum atomic E-state index is -0.0942. The van der Waals surface area contributed by atoms with E-state index >= 15 is 0 Å². The lowest BCUT2D eigenvalue weighted by Gasteiger charge is -2.37. The lowest BCUT2D eigenvalue weighted by Crippen LogP contribution is -2.38. The van der Waals surface area contributed by atoms with E-state index < -0.39 is 0 Å². The van der Waals surface area contributed by atoms with Gasteiger partial charge in [0.15, 0.2) is 0 Å². The molecule has 0 heterocycles. The van der Waals surface area contributed by atoms with Crippen molar-refractivity contribution in [3.05, 3.63) is 29.6 Å². The van der Waals surface area contributed by atoms with Gasteiger partial charge in [0.2, 0.25) is 0 Å². The number of halogens is 1. The highest BCUT2D eigenvalue weighted by molar-refractivity contribution is 5.56. The Morgan fingerprint density at radius 3 is 2.57 bits per heavy atom. The first kappa shape index (κ1) is 16.3. The minimum Gasteiger partial charge on any atom is -0.366 e. The summed E-state index contributed by atoms with van der Waals surface area (Å²) in [5, 5.41) is 0. The molecule has 21 heavy (non-hydrogen) atoms. The molecule has 0 amide bonds. The maximum absolute atomic E-state index is 14.5. The molecule has 0 aliphatic heterocycles. The molecule has 1 unspecified atom stereocenters. The van der Waals surface area contributed by atoms with Gasteiger partial charge in [0.25, 0.3) is 0 Å². The zero-order valence-electron chi connectivity index (χ0n) is 13.4. The first-order valence-electron chi connectivity index (χ1n) is 8.47. The molecule has 0 aromatic heterocycles. The van der Waals surface area contributed by atoms with Gasteiger partial charge in [-0.1, -0.05) is 38.3 Å². The third kappa shape index (κ3) is 3.97. The van der Waals surface area contributed by atoms with E-state index in [1.807, 2.05) is 12.1 Å². The van der Waals surface area contributed by atoms with Crippen LogP contribution < -0.4 is 10.6 Å². The summed E-state index contributed by atoms with van der Waals surface area (Å²) in [5.41, 5.74) is 7.97. The van der Waals surface area contributed by atoms with Crippen LogP contribution in [0.4, 0.5) is 10.1 Å². The molecule has 1 fully saturated rings. The average molecular weight is 292 g/mol. The maximum atomic E-state index is 14.5. The fourth-order valence-corrected chi connectivity index (χ4v) is 3.46. The van der Waals surface area contributed by atoms with Crippen LogP contribution >= 0.6 is 0 Å². The summed E-state index contributed by atoms with van der Waals surface area (Å²) in [7, 11) is 0. The first-order chi connectivity index (χ1) is 10.2. The Kier molecular flexibility index (Phi) is 6.04. The van der Waals surface area contributed by atoms with Crippen LogP contribution in [0.25, 0.3) is 0 Å². The normalized spacial score (nSPS) is 17.7. The molecule has 2 N–H and O–H groups in total. The van der Waals surface area contributed by atoms with Gasteiger partial charge in [-0.05, 0) is 44.2 Å². The Hall–Kier alpha value is -1.09. The summed E-state index contributed by atoms with van der Waals surface area (Å²) in [6.45, 7) is 5.08. The Bertz CT molecular complexity index is 441. The second-order valence-corrected chi connectivity index (χ2v) is 6.20. The molecule has 0 radical (unpaired) electrons. The van der Waals surface area contributed by atoms with Gasteiger partial charge >= 0.3 is 0 Å². The number of para-hydroxylation sites is 1. The van der Waals surface area contributed by atoms with Gasteiger partial charge < -0.3 is 10.6 Å².